The zero-order valence-electron chi connectivity index (χ0n) is 27.1. The number of hydrogen-bond donors (Lipinski definition) is 4. The van der Waals surface area contributed by atoms with Crippen LogP contribution in [0.3, 0.4) is 0 Å². The lowest BCUT2D eigenvalue weighted by molar-refractivity contribution is -0.116. The van der Waals surface area contributed by atoms with E-state index in [-0.39, 0.29) is 17.2 Å². The Morgan fingerprint density at radius 2 is 1.29 bits per heavy atom. The van der Waals surface area contributed by atoms with E-state index in [1.165, 1.54) is 11.8 Å². The first-order chi connectivity index (χ1) is 23.7. The smallest absolute Gasteiger partial charge is 0.272 e. The van der Waals surface area contributed by atoms with Crippen LogP contribution in [0.25, 0.3) is 6.08 Å². The molecule has 0 saturated heterocycles. The number of carbonyl (C=O) groups is 4. The molecule has 0 fully saturated rings. The fraction of sp³-hybridized carbons (Fsp3) is 0.100. The summed E-state index contributed by atoms with van der Waals surface area (Å²) in [5.41, 5.74) is 9.77. The van der Waals surface area contributed by atoms with E-state index in [2.05, 4.69) is 29.8 Å². The summed E-state index contributed by atoms with van der Waals surface area (Å²) in [4.78, 5) is 52.9. The summed E-state index contributed by atoms with van der Waals surface area (Å²) >= 11 is 1.32. The van der Waals surface area contributed by atoms with Crippen molar-refractivity contribution in [1.82, 2.24) is 5.32 Å². The number of anilines is 2. The second kappa shape index (κ2) is 16.3. The zero-order valence-corrected chi connectivity index (χ0v) is 27.9. The predicted molar refractivity (Wildman–Crippen MR) is 196 cm³/mol. The molecule has 4 amide bonds. The molecule has 0 radical (unpaired) electrons. The summed E-state index contributed by atoms with van der Waals surface area (Å²) in [6.45, 7) is 4.21. The molecule has 5 aromatic carbocycles. The van der Waals surface area contributed by atoms with E-state index in [1.54, 1.807) is 78.9 Å². The normalized spacial score (nSPS) is 11.8. The van der Waals surface area contributed by atoms with Crippen molar-refractivity contribution in [2.24, 2.45) is 5.73 Å². The van der Waals surface area contributed by atoms with Crippen molar-refractivity contribution in [2.45, 2.75) is 29.9 Å². The van der Waals surface area contributed by atoms with Gasteiger partial charge in [-0.15, -0.1) is 11.8 Å². The van der Waals surface area contributed by atoms with Gasteiger partial charge in [-0.2, -0.15) is 0 Å². The molecule has 0 aromatic heterocycles. The Morgan fingerprint density at radius 3 is 1.92 bits per heavy atom. The molecule has 0 bridgehead atoms. The van der Waals surface area contributed by atoms with Crippen molar-refractivity contribution in [1.29, 1.82) is 0 Å². The number of carbonyl (C=O) groups excluding carboxylic acids is 4. The largest absolute Gasteiger partial charge is 0.366 e. The maximum Gasteiger partial charge on any atom is 0.272 e. The monoisotopic (exact) mass is 668 g/mol. The van der Waals surface area contributed by atoms with Crippen LogP contribution in [-0.2, 0) is 9.59 Å². The first-order valence-electron chi connectivity index (χ1n) is 15.7. The van der Waals surface area contributed by atoms with Crippen LogP contribution in [0.1, 0.15) is 62.4 Å². The molecule has 9 heteroatoms. The van der Waals surface area contributed by atoms with Crippen LogP contribution in [0, 0.1) is 0 Å². The molecule has 5 aromatic rings. The quantitative estimate of drug-likeness (QED) is 0.0797. The molecule has 5 rings (SSSR count). The van der Waals surface area contributed by atoms with E-state index in [9.17, 15) is 19.2 Å². The number of nitrogens with two attached hydrogens (primary N) is 1. The van der Waals surface area contributed by atoms with E-state index in [4.69, 9.17) is 5.73 Å². The first kappa shape index (κ1) is 34.4. The van der Waals surface area contributed by atoms with E-state index in [0.717, 1.165) is 21.6 Å². The summed E-state index contributed by atoms with van der Waals surface area (Å²) in [5.74, 6) is -1.51. The summed E-state index contributed by atoms with van der Waals surface area (Å²) in [6, 6.07) is 39.5. The predicted octanol–water partition coefficient (Wildman–Crippen LogP) is 7.79. The minimum atomic E-state index is -0.660. The SMILES string of the molecule is CC(C)c1ccc(/C=C(\NC(=O)c2ccccc2)C(=O)Nc2ccc(SC(C(=O)Nc3ccccc3C(N)=O)c3ccccc3)cc2)cc1. The number of thioether (sulfide) groups is 1. The van der Waals surface area contributed by atoms with Gasteiger partial charge in [0.1, 0.15) is 10.9 Å². The fourth-order valence-electron chi connectivity index (χ4n) is 4.94. The molecule has 0 spiro atoms. The van der Waals surface area contributed by atoms with Gasteiger partial charge in [0.15, 0.2) is 0 Å². The van der Waals surface area contributed by atoms with Gasteiger partial charge in [-0.1, -0.05) is 98.8 Å². The maximum atomic E-state index is 13.6. The molecule has 246 valence electrons. The Balaban J connectivity index is 1.34. The standard InChI is InChI=1S/C40H36N4O4S/c1-26(2)28-19-17-27(18-20-28)25-35(44-38(46)30-13-7-4-8-14-30)39(47)42-31-21-23-32(24-22-31)49-36(29-11-5-3-6-12-29)40(48)43-34-16-10-9-15-33(34)37(41)45/h3-26,36H,1-2H3,(H2,41,45)(H,42,47)(H,43,48)(H,44,46)/b35-25-. The van der Waals surface area contributed by atoms with E-state index in [0.29, 0.717) is 22.9 Å². The highest BCUT2D eigenvalue weighted by molar-refractivity contribution is 8.00. The Labute approximate surface area is 289 Å². The van der Waals surface area contributed by atoms with E-state index < -0.39 is 23.0 Å². The Hall–Kier alpha value is -5.93. The Morgan fingerprint density at radius 1 is 0.673 bits per heavy atom. The molecule has 1 atom stereocenters. The Bertz CT molecular complexity index is 1960. The van der Waals surface area contributed by atoms with Gasteiger partial charge in [-0.05, 0) is 77.2 Å². The van der Waals surface area contributed by atoms with Crippen molar-refractivity contribution in [3.05, 3.63) is 167 Å². The van der Waals surface area contributed by atoms with Crippen molar-refractivity contribution < 1.29 is 19.2 Å². The number of amides is 4. The van der Waals surface area contributed by atoms with E-state index >= 15 is 0 Å². The van der Waals surface area contributed by atoms with Gasteiger partial charge in [-0.25, -0.2) is 0 Å². The average molecular weight is 669 g/mol. The molecule has 0 aliphatic rings. The third-order valence-electron chi connectivity index (χ3n) is 7.60. The van der Waals surface area contributed by atoms with Crippen molar-refractivity contribution in [2.75, 3.05) is 10.6 Å². The Kier molecular flexibility index (Phi) is 11.4. The summed E-state index contributed by atoms with van der Waals surface area (Å²) in [7, 11) is 0. The lowest BCUT2D eigenvalue weighted by Crippen LogP contribution is -2.30. The number of para-hydroxylation sites is 1. The summed E-state index contributed by atoms with van der Waals surface area (Å²) < 4.78 is 0. The van der Waals surface area contributed by atoms with Gasteiger partial charge in [-0.3, -0.25) is 19.2 Å². The van der Waals surface area contributed by atoms with Gasteiger partial charge < -0.3 is 21.7 Å². The number of benzene rings is 5. The van der Waals surface area contributed by atoms with E-state index in [1.807, 2.05) is 60.7 Å². The van der Waals surface area contributed by atoms with Crippen LogP contribution < -0.4 is 21.7 Å². The molecule has 49 heavy (non-hydrogen) atoms. The van der Waals surface area contributed by atoms with Crippen LogP contribution in [0.4, 0.5) is 11.4 Å². The average Bonchev–Trinajstić information content (AvgIpc) is 3.12. The molecule has 0 aliphatic heterocycles. The van der Waals surface area contributed by atoms with Crippen molar-refractivity contribution >= 4 is 52.8 Å². The molecular formula is C40H36N4O4S. The minimum Gasteiger partial charge on any atom is -0.366 e. The summed E-state index contributed by atoms with van der Waals surface area (Å²) in [5, 5.41) is 7.85. The second-order valence-electron chi connectivity index (χ2n) is 11.5. The topological polar surface area (TPSA) is 130 Å². The molecular weight excluding hydrogens is 633 g/mol. The van der Waals surface area contributed by atoms with Crippen LogP contribution in [0.15, 0.2) is 144 Å². The number of primary amides is 1. The fourth-order valence-corrected chi connectivity index (χ4v) is 5.97. The van der Waals surface area contributed by atoms with Crippen molar-refractivity contribution in [3.63, 3.8) is 0 Å². The molecule has 0 heterocycles. The zero-order chi connectivity index (χ0) is 34.8. The molecule has 0 saturated carbocycles. The van der Waals surface area contributed by atoms with Crippen LogP contribution in [0.2, 0.25) is 0 Å². The first-order valence-corrected chi connectivity index (χ1v) is 16.6. The van der Waals surface area contributed by atoms with Crippen LogP contribution in [0.5, 0.6) is 0 Å². The minimum absolute atomic E-state index is 0.0849. The molecule has 8 nitrogen and oxygen atoms in total. The lowest BCUT2D eigenvalue weighted by atomic mass is 10.0. The third-order valence-corrected chi connectivity index (χ3v) is 8.87. The second-order valence-corrected chi connectivity index (χ2v) is 12.7. The molecule has 1 unspecified atom stereocenters. The maximum absolute atomic E-state index is 13.6. The summed E-state index contributed by atoms with van der Waals surface area (Å²) in [6.07, 6.45) is 1.64. The van der Waals surface area contributed by atoms with Gasteiger partial charge in [0, 0.05) is 16.1 Å². The van der Waals surface area contributed by atoms with Gasteiger partial charge in [0.05, 0.1) is 11.3 Å². The lowest BCUT2D eigenvalue weighted by Gasteiger charge is -2.18. The van der Waals surface area contributed by atoms with Crippen LogP contribution >= 0.6 is 11.8 Å². The molecule has 0 aliphatic carbocycles. The molecule has 5 N–H and O–H groups in total. The van der Waals surface area contributed by atoms with Gasteiger partial charge in [0.25, 0.3) is 17.7 Å². The van der Waals surface area contributed by atoms with Crippen LogP contribution in [-0.4, -0.2) is 23.6 Å². The number of rotatable bonds is 12. The third kappa shape index (κ3) is 9.33. The highest BCUT2D eigenvalue weighted by Crippen LogP contribution is 2.37. The number of nitrogens with one attached hydrogen (secondary N) is 3. The van der Waals surface area contributed by atoms with Gasteiger partial charge in [0.2, 0.25) is 5.91 Å². The number of hydrogen-bond acceptors (Lipinski definition) is 5. The van der Waals surface area contributed by atoms with Gasteiger partial charge >= 0.3 is 0 Å². The highest BCUT2D eigenvalue weighted by Gasteiger charge is 2.24. The highest BCUT2D eigenvalue weighted by atomic mass is 32.2. The van der Waals surface area contributed by atoms with Crippen molar-refractivity contribution in [3.8, 4) is 0 Å².